The van der Waals surface area contributed by atoms with Gasteiger partial charge in [-0.25, -0.2) is 0 Å². The fourth-order valence-electron chi connectivity index (χ4n) is 2.65. The molecule has 0 heterocycles. The van der Waals surface area contributed by atoms with Gasteiger partial charge in [0.2, 0.25) is 0 Å². The zero-order valence-corrected chi connectivity index (χ0v) is 13.7. The van der Waals surface area contributed by atoms with Gasteiger partial charge in [-0.15, -0.1) is 0 Å². The van der Waals surface area contributed by atoms with Crippen molar-refractivity contribution in [1.82, 2.24) is 0 Å². The molecule has 6 heteroatoms. The number of benzene rings is 1. The van der Waals surface area contributed by atoms with E-state index in [1.54, 1.807) is 32.4 Å². The van der Waals surface area contributed by atoms with Crippen LogP contribution >= 0.6 is 11.6 Å². The third-order valence-electron chi connectivity index (χ3n) is 3.95. The molecule has 1 fully saturated rings. The average Bonchev–Trinajstić information content (AvgIpc) is 3.00. The number of amides is 1. The third-order valence-corrected chi connectivity index (χ3v) is 4.25. The number of methoxy groups -OCH3 is 2. The van der Waals surface area contributed by atoms with Crippen LogP contribution in [0, 0.1) is 0 Å². The van der Waals surface area contributed by atoms with Crippen molar-refractivity contribution in [1.29, 1.82) is 0 Å². The number of rotatable bonds is 7. The van der Waals surface area contributed by atoms with Gasteiger partial charge in [0.1, 0.15) is 18.0 Å². The van der Waals surface area contributed by atoms with Crippen LogP contribution in [0.5, 0.6) is 5.75 Å². The van der Waals surface area contributed by atoms with Crippen molar-refractivity contribution >= 4 is 23.2 Å². The first-order chi connectivity index (χ1) is 10.6. The third kappa shape index (κ3) is 3.91. The lowest BCUT2D eigenvalue weighted by molar-refractivity contribution is -0.136. The molecule has 0 unspecified atom stereocenters. The van der Waals surface area contributed by atoms with Crippen molar-refractivity contribution in [2.45, 2.75) is 31.3 Å². The van der Waals surface area contributed by atoms with Crippen LogP contribution in [0.4, 0.5) is 5.69 Å². The molecule has 22 heavy (non-hydrogen) atoms. The van der Waals surface area contributed by atoms with E-state index < -0.39 is 5.60 Å². The number of carbonyl (C=O) groups excluding carboxylic acids is 1. The van der Waals surface area contributed by atoms with Crippen LogP contribution in [-0.4, -0.2) is 38.9 Å². The molecule has 0 aliphatic heterocycles. The zero-order chi connectivity index (χ0) is 16.0. The van der Waals surface area contributed by atoms with E-state index in [1.165, 1.54) is 0 Å². The second kappa shape index (κ2) is 7.81. The van der Waals surface area contributed by atoms with E-state index in [2.05, 4.69) is 5.32 Å². The maximum Gasteiger partial charge on any atom is 0.256 e. The Morgan fingerprint density at radius 1 is 1.27 bits per heavy atom. The van der Waals surface area contributed by atoms with Gasteiger partial charge in [-0.1, -0.05) is 11.6 Å². The summed E-state index contributed by atoms with van der Waals surface area (Å²) in [7, 11) is 3.20. The molecule has 0 spiro atoms. The Hall–Kier alpha value is -1.30. The Morgan fingerprint density at radius 2 is 2.00 bits per heavy atom. The molecule has 0 bridgehead atoms. The molecule has 1 aliphatic carbocycles. The molecule has 0 aromatic heterocycles. The van der Waals surface area contributed by atoms with E-state index in [0.717, 1.165) is 25.7 Å². The minimum Gasteiger partial charge on any atom is -0.490 e. The van der Waals surface area contributed by atoms with Gasteiger partial charge >= 0.3 is 0 Å². The van der Waals surface area contributed by atoms with E-state index in [0.29, 0.717) is 29.7 Å². The van der Waals surface area contributed by atoms with E-state index in [4.69, 9.17) is 25.8 Å². The van der Waals surface area contributed by atoms with Crippen molar-refractivity contribution in [3.05, 3.63) is 23.2 Å². The highest BCUT2D eigenvalue weighted by Gasteiger charge is 2.41. The van der Waals surface area contributed by atoms with Crippen molar-refractivity contribution < 1.29 is 19.0 Å². The maximum atomic E-state index is 12.4. The van der Waals surface area contributed by atoms with Gasteiger partial charge in [0.05, 0.1) is 11.6 Å². The second-order valence-electron chi connectivity index (χ2n) is 5.35. The Bertz CT molecular complexity index is 515. The molecule has 5 nitrogen and oxygen atoms in total. The normalized spacial score (nSPS) is 16.5. The van der Waals surface area contributed by atoms with Gasteiger partial charge < -0.3 is 19.5 Å². The van der Waals surface area contributed by atoms with Crippen LogP contribution in [0.15, 0.2) is 18.2 Å². The van der Waals surface area contributed by atoms with Gasteiger partial charge in [0, 0.05) is 19.9 Å². The van der Waals surface area contributed by atoms with Crippen LogP contribution in [0.25, 0.3) is 0 Å². The minimum atomic E-state index is -0.708. The van der Waals surface area contributed by atoms with Crippen molar-refractivity contribution in [2.24, 2.45) is 0 Å². The number of hydrogen-bond acceptors (Lipinski definition) is 4. The van der Waals surface area contributed by atoms with Crippen LogP contribution in [-0.2, 0) is 14.3 Å². The summed E-state index contributed by atoms with van der Waals surface area (Å²) in [5, 5.41) is 3.33. The molecule has 1 aliphatic rings. The lowest BCUT2D eigenvalue weighted by atomic mass is 10.0. The smallest absolute Gasteiger partial charge is 0.256 e. The SMILES string of the molecule is COCCOc1ccc(NC(=O)C2(OC)CCCC2)cc1Cl. The summed E-state index contributed by atoms with van der Waals surface area (Å²) in [6, 6.07) is 5.19. The molecule has 1 aromatic rings. The maximum absolute atomic E-state index is 12.4. The highest BCUT2D eigenvalue weighted by atomic mass is 35.5. The number of anilines is 1. The van der Waals surface area contributed by atoms with Gasteiger partial charge in [0.15, 0.2) is 0 Å². The minimum absolute atomic E-state index is 0.114. The van der Waals surface area contributed by atoms with Gasteiger partial charge in [-0.05, 0) is 43.9 Å². The summed E-state index contributed by atoms with van der Waals surface area (Å²) in [4.78, 5) is 12.4. The summed E-state index contributed by atoms with van der Waals surface area (Å²) in [6.07, 6.45) is 3.52. The quantitative estimate of drug-likeness (QED) is 0.781. The number of hydrogen-bond donors (Lipinski definition) is 1. The highest BCUT2D eigenvalue weighted by Crippen LogP contribution is 2.34. The molecule has 122 valence electrons. The number of ether oxygens (including phenoxy) is 3. The van der Waals surface area contributed by atoms with Crippen molar-refractivity contribution in [3.8, 4) is 5.75 Å². The molecule has 1 aromatic carbocycles. The van der Waals surface area contributed by atoms with Crippen LogP contribution in [0.3, 0.4) is 0 Å². The Balaban J connectivity index is 2.01. The number of carbonyl (C=O) groups is 1. The topological polar surface area (TPSA) is 56.8 Å². The first-order valence-electron chi connectivity index (χ1n) is 7.39. The van der Waals surface area contributed by atoms with Gasteiger partial charge in [-0.2, -0.15) is 0 Å². The first kappa shape index (κ1) is 17.1. The Morgan fingerprint density at radius 3 is 2.59 bits per heavy atom. The van der Waals surface area contributed by atoms with E-state index in [1.807, 2.05) is 0 Å². The molecular formula is C16H22ClNO4. The van der Waals surface area contributed by atoms with Crippen LogP contribution in [0.2, 0.25) is 5.02 Å². The molecule has 2 rings (SSSR count). The van der Waals surface area contributed by atoms with Crippen molar-refractivity contribution in [3.63, 3.8) is 0 Å². The predicted molar refractivity (Wildman–Crippen MR) is 85.7 cm³/mol. The molecule has 1 saturated carbocycles. The monoisotopic (exact) mass is 327 g/mol. The average molecular weight is 328 g/mol. The van der Waals surface area contributed by atoms with Gasteiger partial charge in [0.25, 0.3) is 5.91 Å². The standard InChI is InChI=1S/C16H22ClNO4/c1-20-9-10-22-14-6-5-12(11-13(14)17)18-15(19)16(21-2)7-3-4-8-16/h5-6,11H,3-4,7-10H2,1-2H3,(H,18,19). The largest absolute Gasteiger partial charge is 0.490 e. The molecule has 1 amide bonds. The summed E-state index contributed by atoms with van der Waals surface area (Å²) in [5.41, 5.74) is -0.0717. The summed E-state index contributed by atoms with van der Waals surface area (Å²) in [5.74, 6) is 0.454. The van der Waals surface area contributed by atoms with Crippen LogP contribution < -0.4 is 10.1 Å². The van der Waals surface area contributed by atoms with Crippen molar-refractivity contribution in [2.75, 3.05) is 32.8 Å². The lowest BCUT2D eigenvalue weighted by Crippen LogP contribution is -2.42. The van der Waals surface area contributed by atoms with E-state index in [9.17, 15) is 4.79 Å². The van der Waals surface area contributed by atoms with Gasteiger partial charge in [-0.3, -0.25) is 4.79 Å². The second-order valence-corrected chi connectivity index (χ2v) is 5.75. The van der Waals surface area contributed by atoms with E-state index in [-0.39, 0.29) is 5.91 Å². The Kier molecular flexibility index (Phi) is 6.06. The zero-order valence-electron chi connectivity index (χ0n) is 13.0. The number of nitrogens with one attached hydrogen (secondary N) is 1. The molecular weight excluding hydrogens is 306 g/mol. The summed E-state index contributed by atoms with van der Waals surface area (Å²) in [6.45, 7) is 0.917. The number of halogens is 1. The fraction of sp³-hybridized carbons (Fsp3) is 0.562. The first-order valence-corrected chi connectivity index (χ1v) is 7.77. The predicted octanol–water partition coefficient (Wildman–Crippen LogP) is 3.26. The van der Waals surface area contributed by atoms with E-state index >= 15 is 0 Å². The Labute approximate surface area is 135 Å². The molecule has 0 radical (unpaired) electrons. The summed E-state index contributed by atoms with van der Waals surface area (Å²) >= 11 is 6.17. The summed E-state index contributed by atoms with van der Waals surface area (Å²) < 4.78 is 15.9. The molecule has 0 atom stereocenters. The molecule has 1 N–H and O–H groups in total. The fourth-order valence-corrected chi connectivity index (χ4v) is 2.88. The van der Waals surface area contributed by atoms with Crippen LogP contribution in [0.1, 0.15) is 25.7 Å². The highest BCUT2D eigenvalue weighted by molar-refractivity contribution is 6.32. The lowest BCUT2D eigenvalue weighted by Gasteiger charge is -2.26. The molecule has 0 saturated heterocycles.